The SMILES string of the molecule is O=C(Cc1ccc2[nH]nc(-c3ccc(N4CCC(O)CC4)cc3)c2c1)C(c1ccsc1)N1CCC1. The predicted octanol–water partition coefficient (Wildman–Crippen LogP) is 4.81. The van der Waals surface area contributed by atoms with Crippen LogP contribution in [0.1, 0.15) is 36.4 Å². The molecule has 2 aliphatic rings. The van der Waals surface area contributed by atoms with Crippen LogP contribution in [-0.2, 0) is 11.2 Å². The van der Waals surface area contributed by atoms with Gasteiger partial charge >= 0.3 is 0 Å². The first kappa shape index (κ1) is 22.5. The molecule has 2 N–H and O–H groups in total. The van der Waals surface area contributed by atoms with E-state index in [2.05, 4.69) is 67.2 Å². The largest absolute Gasteiger partial charge is 0.393 e. The number of nitrogens with zero attached hydrogens (tertiary/aromatic N) is 3. The van der Waals surface area contributed by atoms with Crippen molar-refractivity contribution in [3.8, 4) is 11.3 Å². The Morgan fingerprint density at radius 1 is 1.09 bits per heavy atom. The van der Waals surface area contributed by atoms with Crippen molar-refractivity contribution in [2.45, 2.75) is 37.8 Å². The zero-order valence-electron chi connectivity index (χ0n) is 19.7. The highest BCUT2D eigenvalue weighted by molar-refractivity contribution is 7.08. The molecule has 2 saturated heterocycles. The maximum atomic E-state index is 13.4. The number of Topliss-reactive ketones (excluding diaryl/α,β-unsaturated/α-hetero) is 1. The molecule has 1 atom stereocenters. The molecule has 0 saturated carbocycles. The quantitative estimate of drug-likeness (QED) is 0.392. The van der Waals surface area contributed by atoms with Crippen molar-refractivity contribution in [3.63, 3.8) is 0 Å². The van der Waals surface area contributed by atoms with Gasteiger partial charge in [0.1, 0.15) is 0 Å². The minimum Gasteiger partial charge on any atom is -0.393 e. The molecule has 6 nitrogen and oxygen atoms in total. The Kier molecular flexibility index (Phi) is 6.14. The van der Waals surface area contributed by atoms with Gasteiger partial charge in [-0.15, -0.1) is 0 Å². The van der Waals surface area contributed by atoms with Crippen LogP contribution in [0.25, 0.3) is 22.2 Å². The summed E-state index contributed by atoms with van der Waals surface area (Å²) in [5.41, 5.74) is 6.26. The third-order valence-corrected chi connectivity index (χ3v) is 8.10. The number of nitrogens with one attached hydrogen (secondary N) is 1. The number of aromatic amines is 1. The van der Waals surface area contributed by atoms with Crippen LogP contribution in [0.4, 0.5) is 5.69 Å². The Bertz CT molecular complexity index is 1300. The van der Waals surface area contributed by atoms with E-state index in [9.17, 15) is 9.90 Å². The number of thiophene rings is 1. The number of carbonyl (C=O) groups excluding carboxylic acids is 1. The topological polar surface area (TPSA) is 72.5 Å². The average molecular weight is 487 g/mol. The number of aliphatic hydroxyl groups excluding tert-OH is 1. The van der Waals surface area contributed by atoms with Crippen LogP contribution in [0.15, 0.2) is 59.3 Å². The Morgan fingerprint density at radius 3 is 2.57 bits per heavy atom. The minimum absolute atomic E-state index is 0.141. The predicted molar refractivity (Wildman–Crippen MR) is 141 cm³/mol. The molecular weight excluding hydrogens is 456 g/mol. The van der Waals surface area contributed by atoms with Gasteiger partial charge in [-0.1, -0.05) is 18.2 Å². The number of hydrogen-bond acceptors (Lipinski definition) is 6. The molecule has 4 aromatic rings. The van der Waals surface area contributed by atoms with Gasteiger partial charge in [0.15, 0.2) is 5.78 Å². The summed E-state index contributed by atoms with van der Waals surface area (Å²) in [5, 5.41) is 22.7. The lowest BCUT2D eigenvalue weighted by atomic mass is 9.95. The summed E-state index contributed by atoms with van der Waals surface area (Å²) >= 11 is 1.65. The molecule has 180 valence electrons. The van der Waals surface area contributed by atoms with Crippen LogP contribution in [-0.4, -0.2) is 58.3 Å². The fourth-order valence-electron chi connectivity index (χ4n) is 5.27. The van der Waals surface area contributed by atoms with E-state index in [1.807, 2.05) is 12.1 Å². The number of H-pyrrole nitrogens is 1. The minimum atomic E-state index is -0.173. The molecule has 0 radical (unpaired) electrons. The van der Waals surface area contributed by atoms with Crippen molar-refractivity contribution in [2.24, 2.45) is 0 Å². The summed E-state index contributed by atoms with van der Waals surface area (Å²) < 4.78 is 0. The lowest BCUT2D eigenvalue weighted by Gasteiger charge is -2.37. The highest BCUT2D eigenvalue weighted by Gasteiger charge is 2.31. The molecule has 0 amide bonds. The summed E-state index contributed by atoms with van der Waals surface area (Å²) in [6.07, 6.45) is 3.04. The fourth-order valence-corrected chi connectivity index (χ4v) is 5.95. The molecular formula is C28H30N4O2S. The van der Waals surface area contributed by atoms with E-state index in [4.69, 9.17) is 0 Å². The third-order valence-electron chi connectivity index (χ3n) is 7.40. The van der Waals surface area contributed by atoms with Crippen molar-refractivity contribution < 1.29 is 9.90 Å². The second-order valence-electron chi connectivity index (χ2n) is 9.71. The van der Waals surface area contributed by atoms with Gasteiger partial charge in [0.05, 0.1) is 23.4 Å². The monoisotopic (exact) mass is 486 g/mol. The Labute approximate surface area is 209 Å². The highest BCUT2D eigenvalue weighted by Crippen LogP contribution is 2.32. The number of piperidine rings is 1. The van der Waals surface area contributed by atoms with Gasteiger partial charge in [-0.3, -0.25) is 14.8 Å². The molecule has 0 bridgehead atoms. The number of aliphatic hydroxyl groups is 1. The zero-order valence-corrected chi connectivity index (χ0v) is 20.5. The number of fused-ring (bicyclic) bond motifs is 1. The van der Waals surface area contributed by atoms with E-state index in [1.54, 1.807) is 11.3 Å². The molecule has 0 spiro atoms. The maximum absolute atomic E-state index is 13.4. The van der Waals surface area contributed by atoms with Gasteiger partial charge in [-0.2, -0.15) is 16.4 Å². The fraction of sp³-hybridized carbons (Fsp3) is 0.357. The second-order valence-corrected chi connectivity index (χ2v) is 10.5. The summed E-state index contributed by atoms with van der Waals surface area (Å²) in [7, 11) is 0. The van der Waals surface area contributed by atoms with Gasteiger partial charge in [0.2, 0.25) is 0 Å². The molecule has 4 heterocycles. The Hall–Kier alpha value is -3.00. The first-order valence-electron chi connectivity index (χ1n) is 12.4. The van der Waals surface area contributed by atoms with Crippen LogP contribution in [0.3, 0.4) is 0 Å². The number of benzene rings is 2. The van der Waals surface area contributed by atoms with Crippen molar-refractivity contribution >= 4 is 33.7 Å². The van der Waals surface area contributed by atoms with Crippen molar-refractivity contribution in [1.29, 1.82) is 0 Å². The smallest absolute Gasteiger partial charge is 0.158 e. The van der Waals surface area contributed by atoms with E-state index >= 15 is 0 Å². The molecule has 2 fully saturated rings. The van der Waals surface area contributed by atoms with Crippen molar-refractivity contribution in [2.75, 3.05) is 31.1 Å². The number of likely N-dealkylation sites (tertiary alicyclic amines) is 1. The van der Waals surface area contributed by atoms with E-state index < -0.39 is 0 Å². The average Bonchev–Trinajstić information content (AvgIpc) is 3.52. The number of hydrogen-bond donors (Lipinski definition) is 2. The number of rotatable bonds is 7. The maximum Gasteiger partial charge on any atom is 0.158 e. The van der Waals surface area contributed by atoms with Crippen molar-refractivity contribution in [3.05, 3.63) is 70.4 Å². The zero-order chi connectivity index (χ0) is 23.8. The molecule has 0 aliphatic carbocycles. The highest BCUT2D eigenvalue weighted by atomic mass is 32.1. The lowest BCUT2D eigenvalue weighted by Crippen LogP contribution is -2.43. The van der Waals surface area contributed by atoms with E-state index in [-0.39, 0.29) is 17.9 Å². The van der Waals surface area contributed by atoms with Crippen LogP contribution in [0.2, 0.25) is 0 Å². The number of ketones is 1. The van der Waals surface area contributed by atoms with Gasteiger partial charge in [0, 0.05) is 49.2 Å². The number of anilines is 1. The van der Waals surface area contributed by atoms with Crippen LogP contribution < -0.4 is 4.90 Å². The third kappa shape index (κ3) is 4.51. The number of carbonyl (C=O) groups is 1. The van der Waals surface area contributed by atoms with Crippen molar-refractivity contribution in [1.82, 2.24) is 15.1 Å². The standard InChI is InChI=1S/C28H30N4O2S/c33-23-8-13-31(14-9-23)22-5-3-20(4-6-22)27-24-16-19(2-7-25(24)29-30-27)17-26(34)28(32-11-1-12-32)21-10-15-35-18-21/h2-7,10,15-16,18,23,28,33H,1,8-9,11-14,17H2,(H,29,30). The molecule has 1 unspecified atom stereocenters. The van der Waals surface area contributed by atoms with E-state index in [1.165, 1.54) is 5.69 Å². The summed E-state index contributed by atoms with van der Waals surface area (Å²) in [4.78, 5) is 18.0. The van der Waals surface area contributed by atoms with Gasteiger partial charge in [-0.05, 0) is 71.5 Å². The molecule has 2 aromatic heterocycles. The lowest BCUT2D eigenvalue weighted by molar-refractivity contribution is -0.125. The molecule has 6 rings (SSSR count). The Balaban J connectivity index is 1.23. The molecule has 7 heteroatoms. The number of aromatic nitrogens is 2. The summed E-state index contributed by atoms with van der Waals surface area (Å²) in [6, 6.07) is 16.6. The van der Waals surface area contributed by atoms with Gasteiger partial charge in [0.25, 0.3) is 0 Å². The molecule has 2 aliphatic heterocycles. The van der Waals surface area contributed by atoms with Crippen LogP contribution in [0, 0.1) is 0 Å². The summed E-state index contributed by atoms with van der Waals surface area (Å²) in [6.45, 7) is 3.75. The normalized spacial score (nSPS) is 18.0. The van der Waals surface area contributed by atoms with Gasteiger partial charge in [-0.25, -0.2) is 0 Å². The van der Waals surface area contributed by atoms with Gasteiger partial charge < -0.3 is 10.0 Å². The molecule has 2 aromatic carbocycles. The second kappa shape index (κ2) is 9.57. The molecule has 35 heavy (non-hydrogen) atoms. The first-order valence-corrected chi connectivity index (χ1v) is 13.4. The van der Waals surface area contributed by atoms with E-state index in [0.29, 0.717) is 6.42 Å². The first-order chi connectivity index (χ1) is 17.2. The summed E-state index contributed by atoms with van der Waals surface area (Å²) in [5.74, 6) is 0.253. The van der Waals surface area contributed by atoms with E-state index in [0.717, 1.165) is 78.7 Å². The van der Waals surface area contributed by atoms with Crippen LogP contribution in [0.5, 0.6) is 0 Å². The van der Waals surface area contributed by atoms with Crippen LogP contribution >= 0.6 is 11.3 Å². The Morgan fingerprint density at radius 2 is 1.89 bits per heavy atom.